The van der Waals surface area contributed by atoms with Crippen molar-refractivity contribution in [2.45, 2.75) is 19.9 Å². The van der Waals surface area contributed by atoms with E-state index in [0.717, 1.165) is 0 Å². The first kappa shape index (κ1) is 12.4. The lowest BCUT2D eigenvalue weighted by atomic mass is 10.2. The van der Waals surface area contributed by atoms with E-state index >= 15 is 0 Å². The van der Waals surface area contributed by atoms with Gasteiger partial charge in [-0.3, -0.25) is 9.59 Å². The van der Waals surface area contributed by atoms with Crippen molar-refractivity contribution in [1.82, 2.24) is 15.6 Å². The summed E-state index contributed by atoms with van der Waals surface area (Å²) in [5, 5.41) is 5.84. The number of hydrogen-bond donors (Lipinski definition) is 3. The fraction of sp³-hybridized carbons (Fsp3) is 0.455. The molecular weight excluding hydrogens is 206 g/mol. The number of rotatable bonds is 5. The molecule has 0 aromatic carbocycles. The molecule has 0 atom stereocenters. The van der Waals surface area contributed by atoms with Gasteiger partial charge in [0.25, 0.3) is 11.5 Å². The average molecular weight is 223 g/mol. The van der Waals surface area contributed by atoms with Gasteiger partial charge in [0.2, 0.25) is 0 Å². The molecule has 0 fully saturated rings. The van der Waals surface area contributed by atoms with Crippen molar-refractivity contribution in [2.24, 2.45) is 0 Å². The van der Waals surface area contributed by atoms with Crippen LogP contribution in [-0.2, 0) is 0 Å². The fourth-order valence-corrected chi connectivity index (χ4v) is 1.23. The Hall–Kier alpha value is -1.62. The molecule has 1 amide bonds. The molecule has 0 aliphatic rings. The monoisotopic (exact) mass is 223 g/mol. The fourth-order valence-electron chi connectivity index (χ4n) is 1.23. The molecule has 1 heterocycles. The molecule has 3 N–H and O–H groups in total. The van der Waals surface area contributed by atoms with Gasteiger partial charge in [0.15, 0.2) is 0 Å². The minimum atomic E-state index is -0.364. The Morgan fingerprint density at radius 3 is 2.81 bits per heavy atom. The molecule has 1 aromatic rings. The highest BCUT2D eigenvalue weighted by molar-refractivity contribution is 5.93. The van der Waals surface area contributed by atoms with Crippen LogP contribution >= 0.6 is 0 Å². The summed E-state index contributed by atoms with van der Waals surface area (Å²) in [5.41, 5.74) is -0.219. The highest BCUT2D eigenvalue weighted by atomic mass is 16.2. The van der Waals surface area contributed by atoms with Gasteiger partial charge >= 0.3 is 0 Å². The van der Waals surface area contributed by atoms with Crippen LogP contribution in [0.2, 0.25) is 0 Å². The van der Waals surface area contributed by atoms with Crippen LogP contribution in [0.15, 0.2) is 23.1 Å². The van der Waals surface area contributed by atoms with E-state index in [-0.39, 0.29) is 17.0 Å². The summed E-state index contributed by atoms with van der Waals surface area (Å²) in [7, 11) is 0. The van der Waals surface area contributed by atoms with Crippen molar-refractivity contribution in [3.63, 3.8) is 0 Å². The van der Waals surface area contributed by atoms with Crippen molar-refractivity contribution in [2.75, 3.05) is 13.1 Å². The summed E-state index contributed by atoms with van der Waals surface area (Å²) in [6.07, 6.45) is 1.50. The first-order chi connectivity index (χ1) is 7.61. The average Bonchev–Trinajstić information content (AvgIpc) is 2.24. The summed E-state index contributed by atoms with van der Waals surface area (Å²) in [4.78, 5) is 25.3. The Morgan fingerprint density at radius 1 is 1.44 bits per heavy atom. The Balaban J connectivity index is 2.42. The van der Waals surface area contributed by atoms with E-state index < -0.39 is 0 Å². The number of carbonyl (C=O) groups excluding carboxylic acids is 1. The summed E-state index contributed by atoms with van der Waals surface area (Å²) in [6, 6.07) is 3.52. The van der Waals surface area contributed by atoms with E-state index in [4.69, 9.17) is 0 Å². The predicted molar refractivity (Wildman–Crippen MR) is 62.5 cm³/mol. The van der Waals surface area contributed by atoms with Gasteiger partial charge in [0, 0.05) is 25.3 Å². The van der Waals surface area contributed by atoms with Crippen molar-refractivity contribution in [3.05, 3.63) is 34.2 Å². The number of carbonyl (C=O) groups is 1. The van der Waals surface area contributed by atoms with E-state index in [1.54, 1.807) is 6.07 Å². The standard InChI is InChI=1S/C11H17N3O2/c1-8(2)12-6-7-14-11(16)9-4-3-5-13-10(9)15/h3-5,8,12H,6-7H2,1-2H3,(H,13,15)(H,14,16). The summed E-state index contributed by atoms with van der Waals surface area (Å²) in [5.74, 6) is -0.340. The number of nitrogens with one attached hydrogen (secondary N) is 3. The van der Waals surface area contributed by atoms with Crippen LogP contribution in [0.4, 0.5) is 0 Å². The highest BCUT2D eigenvalue weighted by Gasteiger charge is 2.07. The number of pyridine rings is 1. The molecule has 5 nitrogen and oxygen atoms in total. The van der Waals surface area contributed by atoms with Crippen molar-refractivity contribution < 1.29 is 4.79 Å². The number of H-pyrrole nitrogens is 1. The van der Waals surface area contributed by atoms with Gasteiger partial charge in [-0.2, -0.15) is 0 Å². The number of amides is 1. The predicted octanol–water partition coefficient (Wildman–Crippen LogP) is 0.103. The Labute approximate surface area is 94.3 Å². The number of aromatic nitrogens is 1. The SMILES string of the molecule is CC(C)NCCNC(=O)c1ccc[nH]c1=O. The number of hydrogen-bond acceptors (Lipinski definition) is 3. The molecule has 0 bridgehead atoms. The van der Waals surface area contributed by atoms with Gasteiger partial charge in [-0.05, 0) is 12.1 Å². The third-order valence-electron chi connectivity index (χ3n) is 2.03. The molecule has 0 saturated heterocycles. The molecule has 0 radical (unpaired) electrons. The maximum atomic E-state index is 11.6. The third kappa shape index (κ3) is 3.86. The molecule has 0 spiro atoms. The van der Waals surface area contributed by atoms with Crippen LogP contribution < -0.4 is 16.2 Å². The van der Waals surface area contributed by atoms with Gasteiger partial charge in [0.1, 0.15) is 5.56 Å². The second kappa shape index (κ2) is 6.07. The molecular formula is C11H17N3O2. The Morgan fingerprint density at radius 2 is 2.19 bits per heavy atom. The van der Waals surface area contributed by atoms with Crippen LogP contribution in [0.1, 0.15) is 24.2 Å². The van der Waals surface area contributed by atoms with E-state index in [1.807, 2.05) is 13.8 Å². The Bertz CT molecular complexity index is 398. The summed E-state index contributed by atoms with van der Waals surface area (Å²) in [6.45, 7) is 5.26. The van der Waals surface area contributed by atoms with Crippen LogP contribution in [0.25, 0.3) is 0 Å². The zero-order valence-corrected chi connectivity index (χ0v) is 9.54. The van der Waals surface area contributed by atoms with Crippen LogP contribution in [0, 0.1) is 0 Å². The minimum Gasteiger partial charge on any atom is -0.351 e. The normalized spacial score (nSPS) is 10.4. The third-order valence-corrected chi connectivity index (χ3v) is 2.03. The van der Waals surface area contributed by atoms with Crippen molar-refractivity contribution in [1.29, 1.82) is 0 Å². The van der Waals surface area contributed by atoms with Gasteiger partial charge in [-0.15, -0.1) is 0 Å². The molecule has 1 rings (SSSR count). The maximum Gasteiger partial charge on any atom is 0.260 e. The molecule has 16 heavy (non-hydrogen) atoms. The lowest BCUT2D eigenvalue weighted by molar-refractivity contribution is 0.0952. The Kier molecular flexibility index (Phi) is 4.72. The van der Waals surface area contributed by atoms with Crippen molar-refractivity contribution >= 4 is 5.91 Å². The van der Waals surface area contributed by atoms with E-state index in [2.05, 4.69) is 15.6 Å². The van der Waals surface area contributed by atoms with E-state index in [9.17, 15) is 9.59 Å². The topological polar surface area (TPSA) is 74.0 Å². The highest BCUT2D eigenvalue weighted by Crippen LogP contribution is 1.88. The van der Waals surface area contributed by atoms with Crippen molar-refractivity contribution in [3.8, 4) is 0 Å². The molecule has 0 aliphatic carbocycles. The minimum absolute atomic E-state index is 0.145. The quantitative estimate of drug-likeness (QED) is 0.620. The van der Waals surface area contributed by atoms with Gasteiger partial charge in [-0.1, -0.05) is 13.8 Å². The molecule has 0 saturated carbocycles. The van der Waals surface area contributed by atoms with Crippen LogP contribution in [-0.4, -0.2) is 30.0 Å². The molecule has 0 aliphatic heterocycles. The van der Waals surface area contributed by atoms with E-state index in [1.165, 1.54) is 12.3 Å². The second-order valence-corrected chi connectivity index (χ2v) is 3.78. The molecule has 5 heteroatoms. The maximum absolute atomic E-state index is 11.6. The van der Waals surface area contributed by atoms with Crippen LogP contribution in [0.3, 0.4) is 0 Å². The molecule has 0 unspecified atom stereocenters. The van der Waals surface area contributed by atoms with Gasteiger partial charge in [0.05, 0.1) is 0 Å². The van der Waals surface area contributed by atoms with Gasteiger partial charge in [-0.25, -0.2) is 0 Å². The summed E-state index contributed by atoms with van der Waals surface area (Å²) < 4.78 is 0. The summed E-state index contributed by atoms with van der Waals surface area (Å²) >= 11 is 0. The second-order valence-electron chi connectivity index (χ2n) is 3.78. The van der Waals surface area contributed by atoms with Crippen LogP contribution in [0.5, 0.6) is 0 Å². The lowest BCUT2D eigenvalue weighted by Crippen LogP contribution is -2.36. The molecule has 88 valence electrons. The lowest BCUT2D eigenvalue weighted by Gasteiger charge is -2.08. The molecule has 1 aromatic heterocycles. The first-order valence-electron chi connectivity index (χ1n) is 5.30. The largest absolute Gasteiger partial charge is 0.351 e. The zero-order chi connectivity index (χ0) is 12.0. The van der Waals surface area contributed by atoms with Gasteiger partial charge < -0.3 is 15.6 Å². The smallest absolute Gasteiger partial charge is 0.260 e. The van der Waals surface area contributed by atoms with E-state index in [0.29, 0.717) is 19.1 Å². The first-order valence-corrected chi connectivity index (χ1v) is 5.30. The number of aromatic amines is 1. The zero-order valence-electron chi connectivity index (χ0n) is 9.54.